The maximum absolute atomic E-state index is 6.33. The molecule has 3 aromatic carbocycles. The van der Waals surface area contributed by atoms with Crippen molar-refractivity contribution in [1.82, 2.24) is 0 Å². The van der Waals surface area contributed by atoms with Gasteiger partial charge in [-0.2, -0.15) is 0 Å². The van der Waals surface area contributed by atoms with Crippen LogP contribution in [0.15, 0.2) is 91.0 Å². The van der Waals surface area contributed by atoms with E-state index in [1.54, 1.807) is 0 Å². The van der Waals surface area contributed by atoms with Gasteiger partial charge in [0, 0.05) is 5.92 Å². The fourth-order valence-electron chi connectivity index (χ4n) is 4.07. The Morgan fingerprint density at radius 3 is 1.37 bits per heavy atom. The highest BCUT2D eigenvalue weighted by molar-refractivity contribution is 5.15. The summed E-state index contributed by atoms with van der Waals surface area (Å²) in [4.78, 5) is 0. The van der Waals surface area contributed by atoms with Crippen LogP contribution in [0.2, 0.25) is 0 Å². The molecule has 1 aliphatic carbocycles. The van der Waals surface area contributed by atoms with Gasteiger partial charge in [-0.3, -0.25) is 0 Å². The van der Waals surface area contributed by atoms with Crippen LogP contribution < -0.4 is 0 Å². The molecule has 156 valence electrons. The average molecular weight is 403 g/mol. The molecule has 3 heteroatoms. The molecule has 0 amide bonds. The number of benzene rings is 3. The van der Waals surface area contributed by atoms with E-state index in [1.807, 2.05) is 30.3 Å². The molecule has 1 fully saturated rings. The first-order chi connectivity index (χ1) is 14.9. The molecule has 0 aliphatic heterocycles. The van der Waals surface area contributed by atoms with Gasteiger partial charge in [0.05, 0.1) is 38.6 Å². The molecule has 3 nitrogen and oxygen atoms in total. The minimum absolute atomic E-state index is 0.154. The van der Waals surface area contributed by atoms with Crippen molar-refractivity contribution < 1.29 is 14.2 Å². The van der Waals surface area contributed by atoms with Crippen molar-refractivity contribution in [2.45, 2.75) is 44.9 Å². The van der Waals surface area contributed by atoms with Crippen LogP contribution in [-0.2, 0) is 34.0 Å². The summed E-state index contributed by atoms with van der Waals surface area (Å²) in [6, 6.07) is 31.1. The van der Waals surface area contributed by atoms with Crippen molar-refractivity contribution in [2.75, 3.05) is 6.61 Å². The normalized spacial score (nSPS) is 21.0. The third kappa shape index (κ3) is 6.02. The van der Waals surface area contributed by atoms with Gasteiger partial charge in [-0.15, -0.1) is 0 Å². The molecule has 0 spiro atoms. The Balaban J connectivity index is 1.35. The van der Waals surface area contributed by atoms with Crippen molar-refractivity contribution in [2.24, 2.45) is 5.92 Å². The first-order valence-electron chi connectivity index (χ1n) is 10.8. The monoisotopic (exact) mass is 402 g/mol. The Hall–Kier alpha value is -2.46. The summed E-state index contributed by atoms with van der Waals surface area (Å²) in [5.74, 6) is 0.237. The topological polar surface area (TPSA) is 27.7 Å². The summed E-state index contributed by atoms with van der Waals surface area (Å²) in [6.07, 6.45) is 2.32. The standard InChI is InChI=1S/C27H30O3/c1-4-10-22(11-5-1)18-28-21-25-26(29-19-23-12-6-2-7-13-23)16-17-27(25)30-20-24-14-8-3-9-15-24/h1-15,25-27H,16-21H2/t25?,26-,27?/m0/s1. The lowest BCUT2D eigenvalue weighted by Crippen LogP contribution is -2.31. The second-order valence-electron chi connectivity index (χ2n) is 7.91. The molecule has 1 aliphatic rings. The van der Waals surface area contributed by atoms with E-state index < -0.39 is 0 Å². The molecule has 0 radical (unpaired) electrons. The van der Waals surface area contributed by atoms with E-state index in [2.05, 4.69) is 60.7 Å². The van der Waals surface area contributed by atoms with Gasteiger partial charge in [0.25, 0.3) is 0 Å². The maximum atomic E-state index is 6.33. The minimum Gasteiger partial charge on any atom is -0.376 e. The van der Waals surface area contributed by atoms with E-state index in [4.69, 9.17) is 14.2 Å². The van der Waals surface area contributed by atoms with E-state index in [0.29, 0.717) is 26.4 Å². The van der Waals surface area contributed by atoms with Crippen LogP contribution in [0.3, 0.4) is 0 Å². The van der Waals surface area contributed by atoms with E-state index in [0.717, 1.165) is 12.8 Å². The maximum Gasteiger partial charge on any atom is 0.0720 e. The quantitative estimate of drug-likeness (QED) is 0.430. The van der Waals surface area contributed by atoms with Crippen LogP contribution in [0, 0.1) is 5.92 Å². The molecule has 4 rings (SSSR count). The van der Waals surface area contributed by atoms with Crippen LogP contribution in [0.1, 0.15) is 29.5 Å². The number of ether oxygens (including phenoxy) is 3. The van der Waals surface area contributed by atoms with Crippen LogP contribution in [0.25, 0.3) is 0 Å². The summed E-state index contributed by atoms with van der Waals surface area (Å²) in [6.45, 7) is 2.53. The van der Waals surface area contributed by atoms with Gasteiger partial charge in [-0.05, 0) is 29.5 Å². The van der Waals surface area contributed by atoms with Gasteiger partial charge in [0.2, 0.25) is 0 Å². The lowest BCUT2D eigenvalue weighted by atomic mass is 10.0. The molecule has 0 bridgehead atoms. The van der Waals surface area contributed by atoms with E-state index in [1.165, 1.54) is 16.7 Å². The van der Waals surface area contributed by atoms with Crippen molar-refractivity contribution in [3.8, 4) is 0 Å². The molecule has 3 atom stereocenters. The third-order valence-electron chi connectivity index (χ3n) is 5.73. The average Bonchev–Trinajstić information content (AvgIpc) is 3.20. The molecule has 0 saturated heterocycles. The van der Waals surface area contributed by atoms with Gasteiger partial charge in [-0.1, -0.05) is 91.0 Å². The van der Waals surface area contributed by atoms with Gasteiger partial charge < -0.3 is 14.2 Å². The van der Waals surface area contributed by atoms with Gasteiger partial charge in [0.15, 0.2) is 0 Å². The molecular formula is C27H30O3. The molecule has 0 N–H and O–H groups in total. The summed E-state index contributed by atoms with van der Waals surface area (Å²) in [5.41, 5.74) is 3.60. The van der Waals surface area contributed by atoms with Crippen LogP contribution in [-0.4, -0.2) is 18.8 Å². The predicted octanol–water partition coefficient (Wildman–Crippen LogP) is 5.78. The second-order valence-corrected chi connectivity index (χ2v) is 7.91. The summed E-state index contributed by atoms with van der Waals surface area (Å²) < 4.78 is 18.8. The Morgan fingerprint density at radius 2 is 0.933 bits per heavy atom. The SMILES string of the molecule is c1ccc(COCC2C(OCc3ccccc3)CC[C@@H]2OCc2ccccc2)cc1. The zero-order chi connectivity index (χ0) is 20.4. The van der Waals surface area contributed by atoms with Gasteiger partial charge in [0.1, 0.15) is 0 Å². The smallest absolute Gasteiger partial charge is 0.0720 e. The third-order valence-corrected chi connectivity index (χ3v) is 5.73. The zero-order valence-corrected chi connectivity index (χ0v) is 17.4. The molecule has 0 heterocycles. The van der Waals surface area contributed by atoms with Gasteiger partial charge >= 0.3 is 0 Å². The predicted molar refractivity (Wildman–Crippen MR) is 119 cm³/mol. The largest absolute Gasteiger partial charge is 0.376 e. The van der Waals surface area contributed by atoms with Gasteiger partial charge in [-0.25, -0.2) is 0 Å². The Kier molecular flexibility index (Phi) is 7.68. The summed E-state index contributed by atoms with van der Waals surface area (Å²) >= 11 is 0. The van der Waals surface area contributed by atoms with Crippen molar-refractivity contribution >= 4 is 0 Å². The Labute approximate surface area is 179 Å². The lowest BCUT2D eigenvalue weighted by Gasteiger charge is -2.25. The van der Waals surface area contributed by atoms with Crippen molar-refractivity contribution in [3.05, 3.63) is 108 Å². The zero-order valence-electron chi connectivity index (χ0n) is 17.4. The Morgan fingerprint density at radius 1 is 0.533 bits per heavy atom. The van der Waals surface area contributed by atoms with E-state index >= 15 is 0 Å². The second kappa shape index (κ2) is 11.1. The molecule has 30 heavy (non-hydrogen) atoms. The molecule has 1 saturated carbocycles. The molecule has 2 unspecified atom stereocenters. The number of hydrogen-bond acceptors (Lipinski definition) is 3. The number of hydrogen-bond donors (Lipinski definition) is 0. The fourth-order valence-corrected chi connectivity index (χ4v) is 4.07. The van der Waals surface area contributed by atoms with Crippen LogP contribution in [0.4, 0.5) is 0 Å². The van der Waals surface area contributed by atoms with Crippen LogP contribution >= 0.6 is 0 Å². The highest BCUT2D eigenvalue weighted by atomic mass is 16.5. The Bertz CT molecular complexity index is 800. The highest BCUT2D eigenvalue weighted by Crippen LogP contribution is 2.33. The summed E-state index contributed by atoms with van der Waals surface area (Å²) in [5, 5.41) is 0. The van der Waals surface area contributed by atoms with Crippen molar-refractivity contribution in [3.63, 3.8) is 0 Å². The van der Waals surface area contributed by atoms with E-state index in [-0.39, 0.29) is 18.1 Å². The first kappa shape index (κ1) is 20.8. The molecule has 0 aromatic heterocycles. The number of rotatable bonds is 10. The highest BCUT2D eigenvalue weighted by Gasteiger charge is 2.37. The first-order valence-corrected chi connectivity index (χ1v) is 10.8. The lowest BCUT2D eigenvalue weighted by molar-refractivity contribution is -0.0696. The summed E-state index contributed by atoms with van der Waals surface area (Å²) in [7, 11) is 0. The van der Waals surface area contributed by atoms with Crippen LogP contribution in [0.5, 0.6) is 0 Å². The minimum atomic E-state index is 0.154. The van der Waals surface area contributed by atoms with Crippen molar-refractivity contribution in [1.29, 1.82) is 0 Å². The van der Waals surface area contributed by atoms with E-state index in [9.17, 15) is 0 Å². The fraction of sp³-hybridized carbons (Fsp3) is 0.333. The molecular weight excluding hydrogens is 372 g/mol. The molecule has 3 aromatic rings.